The van der Waals surface area contributed by atoms with Gasteiger partial charge in [0, 0.05) is 29.8 Å². The van der Waals surface area contributed by atoms with Gasteiger partial charge in [-0.3, -0.25) is 4.79 Å². The van der Waals surface area contributed by atoms with Gasteiger partial charge in [0.25, 0.3) is 5.91 Å². The van der Waals surface area contributed by atoms with Gasteiger partial charge in [0.2, 0.25) is 11.8 Å². The summed E-state index contributed by atoms with van der Waals surface area (Å²) in [6.45, 7) is -0.0599. The molecule has 0 radical (unpaired) electrons. The van der Waals surface area contributed by atoms with E-state index in [1.807, 2.05) is 60.7 Å². The zero-order chi connectivity index (χ0) is 25.1. The van der Waals surface area contributed by atoms with E-state index in [0.29, 0.717) is 27.0 Å². The van der Waals surface area contributed by atoms with Crippen molar-refractivity contribution >= 4 is 22.9 Å². The SMILES string of the molecule is O=C(CCNC(=O)c1nc(-c2ccccc2)c2[nH]cnc2c1-c1ccccc1)On1c(O)ccc1O. The maximum Gasteiger partial charge on any atom is 0.334 e. The lowest BCUT2D eigenvalue weighted by Crippen LogP contribution is -2.30. The summed E-state index contributed by atoms with van der Waals surface area (Å²) in [6, 6.07) is 21.2. The highest BCUT2D eigenvalue weighted by atomic mass is 16.7. The number of carbonyl (C=O) groups excluding carboxylic acids is 2. The number of hydrogen-bond acceptors (Lipinski definition) is 7. The predicted molar refractivity (Wildman–Crippen MR) is 131 cm³/mol. The second kappa shape index (κ2) is 9.63. The van der Waals surface area contributed by atoms with Gasteiger partial charge in [-0.15, -0.1) is 4.73 Å². The first-order chi connectivity index (χ1) is 17.5. The van der Waals surface area contributed by atoms with E-state index in [1.165, 1.54) is 12.1 Å². The third-order valence-corrected chi connectivity index (χ3v) is 5.50. The Morgan fingerprint density at radius 2 is 1.56 bits per heavy atom. The van der Waals surface area contributed by atoms with Crippen molar-refractivity contribution in [2.24, 2.45) is 0 Å². The van der Waals surface area contributed by atoms with E-state index in [4.69, 9.17) is 9.82 Å². The van der Waals surface area contributed by atoms with Crippen LogP contribution in [0.3, 0.4) is 0 Å². The smallest absolute Gasteiger partial charge is 0.334 e. The van der Waals surface area contributed by atoms with Gasteiger partial charge in [-0.25, -0.2) is 14.8 Å². The Bertz CT molecular complexity index is 1520. The number of hydrogen-bond donors (Lipinski definition) is 4. The minimum absolute atomic E-state index is 0.0599. The topological polar surface area (TPSA) is 142 Å². The molecule has 0 aliphatic heterocycles. The van der Waals surface area contributed by atoms with E-state index in [2.05, 4.69) is 15.3 Å². The van der Waals surface area contributed by atoms with Crippen LogP contribution in [-0.4, -0.2) is 48.3 Å². The number of rotatable bonds is 7. The molecule has 0 saturated heterocycles. The number of aromatic hydroxyl groups is 2. The maximum atomic E-state index is 13.3. The van der Waals surface area contributed by atoms with Crippen LogP contribution in [0, 0.1) is 0 Å². The van der Waals surface area contributed by atoms with Gasteiger partial charge >= 0.3 is 5.97 Å². The van der Waals surface area contributed by atoms with Crippen LogP contribution in [0.25, 0.3) is 33.4 Å². The van der Waals surface area contributed by atoms with Gasteiger partial charge < -0.3 is 25.4 Å². The van der Waals surface area contributed by atoms with E-state index >= 15 is 0 Å². The van der Waals surface area contributed by atoms with Crippen molar-refractivity contribution in [3.05, 3.63) is 84.8 Å². The van der Waals surface area contributed by atoms with Gasteiger partial charge in [-0.05, 0) is 5.56 Å². The molecule has 3 heterocycles. The van der Waals surface area contributed by atoms with Crippen LogP contribution in [0.1, 0.15) is 16.9 Å². The summed E-state index contributed by atoms with van der Waals surface area (Å²) in [4.78, 5) is 42.8. The zero-order valence-electron chi connectivity index (χ0n) is 18.9. The maximum absolute atomic E-state index is 13.3. The van der Waals surface area contributed by atoms with Crippen molar-refractivity contribution in [3.8, 4) is 34.1 Å². The molecule has 0 bridgehead atoms. The summed E-state index contributed by atoms with van der Waals surface area (Å²) in [6.07, 6.45) is 1.36. The molecular weight excluding hydrogens is 462 g/mol. The number of carbonyl (C=O) groups is 2. The molecule has 5 aromatic rings. The zero-order valence-corrected chi connectivity index (χ0v) is 18.9. The molecule has 0 atom stereocenters. The molecule has 180 valence electrons. The highest BCUT2D eigenvalue weighted by Gasteiger charge is 2.23. The van der Waals surface area contributed by atoms with Crippen LogP contribution in [0.2, 0.25) is 0 Å². The number of pyridine rings is 1. The molecule has 10 heteroatoms. The number of imidazole rings is 1. The highest BCUT2D eigenvalue weighted by molar-refractivity contribution is 6.09. The Morgan fingerprint density at radius 3 is 2.22 bits per heavy atom. The van der Waals surface area contributed by atoms with Gasteiger partial charge in [-0.1, -0.05) is 60.7 Å². The van der Waals surface area contributed by atoms with E-state index < -0.39 is 23.6 Å². The largest absolute Gasteiger partial charge is 0.492 e. The van der Waals surface area contributed by atoms with E-state index in [9.17, 15) is 19.8 Å². The third kappa shape index (κ3) is 4.34. The van der Waals surface area contributed by atoms with Crippen LogP contribution in [0.5, 0.6) is 11.8 Å². The molecule has 4 N–H and O–H groups in total. The Kier molecular flexibility index (Phi) is 6.06. The summed E-state index contributed by atoms with van der Waals surface area (Å²) in [5.41, 5.74) is 4.18. The van der Waals surface area contributed by atoms with Crippen molar-refractivity contribution in [1.29, 1.82) is 0 Å². The Hall–Kier alpha value is -5.12. The van der Waals surface area contributed by atoms with Crippen molar-refractivity contribution < 1.29 is 24.6 Å². The molecule has 0 unspecified atom stereocenters. The lowest BCUT2D eigenvalue weighted by atomic mass is 9.99. The molecule has 0 aliphatic rings. The fourth-order valence-corrected chi connectivity index (χ4v) is 3.85. The molecular formula is C26H21N5O5. The summed E-state index contributed by atoms with van der Waals surface area (Å²) >= 11 is 0. The molecule has 0 saturated carbocycles. The normalized spacial score (nSPS) is 10.9. The molecule has 36 heavy (non-hydrogen) atoms. The van der Waals surface area contributed by atoms with Crippen molar-refractivity contribution in [3.63, 3.8) is 0 Å². The fraction of sp³-hybridized carbons (Fsp3) is 0.0769. The molecule has 0 fully saturated rings. The van der Waals surface area contributed by atoms with Crippen LogP contribution in [0.15, 0.2) is 79.1 Å². The van der Waals surface area contributed by atoms with Gasteiger partial charge in [0.1, 0.15) is 11.2 Å². The first-order valence-corrected chi connectivity index (χ1v) is 11.1. The quantitative estimate of drug-likeness (QED) is 0.278. The molecule has 3 aromatic heterocycles. The number of fused-ring (bicyclic) bond motifs is 1. The summed E-state index contributed by atoms with van der Waals surface area (Å²) < 4.78 is 0.594. The monoisotopic (exact) mass is 483 g/mol. The average molecular weight is 483 g/mol. The van der Waals surface area contributed by atoms with Crippen LogP contribution < -0.4 is 10.2 Å². The lowest BCUT2D eigenvalue weighted by Gasteiger charge is -2.13. The van der Waals surface area contributed by atoms with Crippen LogP contribution in [-0.2, 0) is 4.79 Å². The van der Waals surface area contributed by atoms with Gasteiger partial charge in [0.15, 0.2) is 0 Å². The molecule has 2 aromatic carbocycles. The number of benzene rings is 2. The number of aromatic nitrogens is 4. The first kappa shape index (κ1) is 22.7. The average Bonchev–Trinajstić information content (AvgIpc) is 3.51. The number of aromatic amines is 1. The van der Waals surface area contributed by atoms with Gasteiger partial charge in [0.05, 0.1) is 24.0 Å². The van der Waals surface area contributed by atoms with Crippen molar-refractivity contribution in [2.75, 3.05) is 6.54 Å². The predicted octanol–water partition coefficient (Wildman–Crippen LogP) is 3.28. The van der Waals surface area contributed by atoms with Crippen LogP contribution >= 0.6 is 0 Å². The van der Waals surface area contributed by atoms with Gasteiger partial charge in [-0.2, -0.15) is 0 Å². The Morgan fingerprint density at radius 1 is 0.917 bits per heavy atom. The summed E-state index contributed by atoms with van der Waals surface area (Å²) in [7, 11) is 0. The lowest BCUT2D eigenvalue weighted by molar-refractivity contribution is -0.145. The number of H-pyrrole nitrogens is 1. The van der Waals surface area contributed by atoms with Crippen molar-refractivity contribution in [2.45, 2.75) is 6.42 Å². The minimum Gasteiger partial charge on any atom is -0.492 e. The highest BCUT2D eigenvalue weighted by Crippen LogP contribution is 2.34. The number of nitrogens with zero attached hydrogens (tertiary/aromatic N) is 3. The molecule has 1 amide bonds. The fourth-order valence-electron chi connectivity index (χ4n) is 3.85. The Balaban J connectivity index is 1.45. The third-order valence-electron chi connectivity index (χ3n) is 5.50. The Labute approximate surface area is 204 Å². The first-order valence-electron chi connectivity index (χ1n) is 11.1. The number of amides is 1. The summed E-state index contributed by atoms with van der Waals surface area (Å²) in [5.74, 6) is -2.11. The van der Waals surface area contributed by atoms with Crippen LogP contribution in [0.4, 0.5) is 0 Å². The second-order valence-electron chi connectivity index (χ2n) is 7.86. The van der Waals surface area contributed by atoms with E-state index in [1.54, 1.807) is 6.33 Å². The van der Waals surface area contributed by atoms with E-state index in [0.717, 1.165) is 11.1 Å². The second-order valence-corrected chi connectivity index (χ2v) is 7.86. The van der Waals surface area contributed by atoms with Crippen molar-refractivity contribution in [1.82, 2.24) is 25.0 Å². The minimum atomic E-state index is -0.763. The number of nitrogens with one attached hydrogen (secondary N) is 2. The molecule has 5 rings (SSSR count). The van der Waals surface area contributed by atoms with E-state index in [-0.39, 0.29) is 18.7 Å². The molecule has 10 nitrogen and oxygen atoms in total. The standard InChI is InChI=1S/C26H21N5O5/c32-18-11-12-19(33)31(18)36-20(34)13-14-27-26(35)24-21(16-7-3-1-4-8-16)23-25(29-15-28-23)22(30-24)17-9-5-2-6-10-17/h1-12,15,32-33H,13-14H2,(H,27,35)(H,28,29). The summed E-state index contributed by atoms with van der Waals surface area (Å²) in [5, 5.41) is 21.9. The molecule has 0 aliphatic carbocycles. The molecule has 0 spiro atoms.